The molecule has 0 spiro atoms. The molecule has 0 aliphatic carbocycles. The van der Waals surface area contributed by atoms with E-state index in [0.29, 0.717) is 33.7 Å². The molecule has 164 valence electrons. The van der Waals surface area contributed by atoms with Gasteiger partial charge in [-0.1, -0.05) is 53.5 Å². The molecule has 0 saturated carbocycles. The van der Waals surface area contributed by atoms with Gasteiger partial charge in [-0.15, -0.1) is 0 Å². The number of hydrogen-bond donors (Lipinski definition) is 4. The first-order chi connectivity index (χ1) is 14.8. The molecule has 0 atom stereocenters. The Bertz CT molecular complexity index is 999. The van der Waals surface area contributed by atoms with Gasteiger partial charge in [0.1, 0.15) is 23.5 Å². The largest absolute Gasteiger partial charge is 0.508 e. The Balaban J connectivity index is 0.000000287. The van der Waals surface area contributed by atoms with Crippen molar-refractivity contribution in [2.24, 2.45) is 11.5 Å². The summed E-state index contributed by atoms with van der Waals surface area (Å²) >= 11 is 11.7. The van der Waals surface area contributed by atoms with Crippen molar-refractivity contribution in [2.75, 3.05) is 6.54 Å². The molecule has 0 saturated heterocycles. The highest BCUT2D eigenvalue weighted by atomic mass is 35.5. The summed E-state index contributed by atoms with van der Waals surface area (Å²) in [5, 5.41) is 17.5. The highest BCUT2D eigenvalue weighted by molar-refractivity contribution is 6.42. The number of nitrogens with two attached hydrogens (primary N) is 2. The van der Waals surface area contributed by atoms with Crippen LogP contribution in [-0.4, -0.2) is 29.0 Å². The van der Waals surface area contributed by atoms with E-state index in [9.17, 15) is 9.59 Å². The molecule has 0 bridgehead atoms. The van der Waals surface area contributed by atoms with Crippen LogP contribution in [0.25, 0.3) is 0 Å². The number of phenols is 1. The van der Waals surface area contributed by atoms with Crippen LogP contribution in [0.1, 0.15) is 15.9 Å². The summed E-state index contributed by atoms with van der Waals surface area (Å²) in [6.07, 6.45) is 0.766. The number of carboxylic acid groups (broad SMARTS) is 1. The number of carboxylic acids is 1. The van der Waals surface area contributed by atoms with Crippen molar-refractivity contribution >= 4 is 35.5 Å². The molecule has 0 fully saturated rings. The van der Waals surface area contributed by atoms with Crippen LogP contribution in [0.3, 0.4) is 0 Å². The first-order valence-electron chi connectivity index (χ1n) is 8.87. The molecule has 3 aromatic rings. The fourth-order valence-corrected chi connectivity index (χ4v) is 2.30. The van der Waals surface area contributed by atoms with E-state index < -0.39 is 5.97 Å². The number of para-hydroxylation sites is 1. The topological polar surface area (TPSA) is 136 Å². The van der Waals surface area contributed by atoms with Gasteiger partial charge in [-0.3, -0.25) is 9.59 Å². The molecule has 3 rings (SSSR count). The maximum Gasteiger partial charge on any atom is 0.317 e. The third-order valence-electron chi connectivity index (χ3n) is 3.51. The Labute approximate surface area is 189 Å². The van der Waals surface area contributed by atoms with Crippen molar-refractivity contribution in [1.29, 1.82) is 0 Å². The maximum atomic E-state index is 10.6. The van der Waals surface area contributed by atoms with Gasteiger partial charge in [0.2, 0.25) is 0 Å². The smallest absolute Gasteiger partial charge is 0.317 e. The number of halogens is 2. The van der Waals surface area contributed by atoms with Crippen LogP contribution in [0.15, 0.2) is 66.7 Å². The van der Waals surface area contributed by atoms with Crippen LogP contribution in [-0.2, 0) is 11.3 Å². The van der Waals surface area contributed by atoms with Gasteiger partial charge >= 0.3 is 5.97 Å². The molecule has 0 aromatic heterocycles. The van der Waals surface area contributed by atoms with E-state index in [1.54, 1.807) is 60.7 Å². The molecule has 0 amide bonds. The number of aromatic hydroxyl groups is 1. The molecule has 31 heavy (non-hydrogen) atoms. The van der Waals surface area contributed by atoms with E-state index in [1.165, 1.54) is 0 Å². The second kappa shape index (κ2) is 14.0. The summed E-state index contributed by atoms with van der Waals surface area (Å²) in [6.45, 7) is 0.118. The van der Waals surface area contributed by atoms with Crippen molar-refractivity contribution in [3.05, 3.63) is 87.9 Å². The zero-order chi connectivity index (χ0) is 23.2. The third kappa shape index (κ3) is 9.97. The number of hydrogen-bond acceptors (Lipinski definition) is 6. The van der Waals surface area contributed by atoms with Crippen LogP contribution in [0.4, 0.5) is 0 Å². The van der Waals surface area contributed by atoms with Crippen molar-refractivity contribution in [2.45, 2.75) is 6.54 Å². The highest BCUT2D eigenvalue weighted by Gasteiger charge is 2.02. The lowest BCUT2D eigenvalue weighted by atomic mass is 10.2. The van der Waals surface area contributed by atoms with Crippen LogP contribution in [0.5, 0.6) is 17.2 Å². The lowest BCUT2D eigenvalue weighted by Gasteiger charge is -2.06. The number of rotatable bonds is 5. The molecule has 0 radical (unpaired) electrons. The Morgan fingerprint density at radius 2 is 1.58 bits per heavy atom. The van der Waals surface area contributed by atoms with Crippen molar-refractivity contribution in [3.8, 4) is 17.2 Å². The molecule has 0 heterocycles. The quantitative estimate of drug-likeness (QED) is 0.408. The minimum atomic E-state index is -0.968. The summed E-state index contributed by atoms with van der Waals surface area (Å²) in [4.78, 5) is 19.9. The van der Waals surface area contributed by atoms with Crippen LogP contribution >= 0.6 is 23.2 Å². The summed E-state index contributed by atoms with van der Waals surface area (Å²) in [5.41, 5.74) is 11.2. The molecule has 3 aromatic carbocycles. The first-order valence-corrected chi connectivity index (χ1v) is 9.63. The molecule has 0 unspecified atom stereocenters. The van der Waals surface area contributed by atoms with Gasteiger partial charge in [-0.05, 0) is 30.3 Å². The molecular weight excluding hydrogens is 443 g/mol. The van der Waals surface area contributed by atoms with Crippen LogP contribution < -0.4 is 16.2 Å². The SMILES string of the molecule is NCC(=O)O.NCc1ccccc1O.O=Cc1cccc(Oc2ccc(Cl)c(Cl)c2)c1. The normalized spacial score (nSPS) is 9.42. The monoisotopic (exact) mass is 464 g/mol. The second-order valence-corrected chi connectivity index (χ2v) is 6.61. The number of aldehydes is 1. The fourth-order valence-electron chi connectivity index (χ4n) is 2.01. The summed E-state index contributed by atoms with van der Waals surface area (Å²) in [6, 6.07) is 18.9. The number of benzene rings is 3. The van der Waals surface area contributed by atoms with E-state index in [4.69, 9.17) is 43.9 Å². The summed E-state index contributed by atoms with van der Waals surface area (Å²) in [5.74, 6) is 0.459. The van der Waals surface area contributed by atoms with Gasteiger partial charge in [0.05, 0.1) is 16.6 Å². The number of phenolic OH excluding ortho intramolecular Hbond substituents is 1. The van der Waals surface area contributed by atoms with Crippen molar-refractivity contribution in [3.63, 3.8) is 0 Å². The Hall–Kier alpha value is -3.10. The van der Waals surface area contributed by atoms with Crippen molar-refractivity contribution in [1.82, 2.24) is 0 Å². The standard InChI is InChI=1S/C13H8Cl2O2.C7H9NO.C2H5NO2/c14-12-5-4-11(7-13(12)15)17-10-3-1-2-9(6-10)8-16;8-5-6-3-1-2-4-7(6)9;3-1-2(4)5/h1-8H;1-4,9H,5,8H2;1,3H2,(H,4,5). The molecule has 0 aliphatic rings. The minimum Gasteiger partial charge on any atom is -0.508 e. The molecule has 9 heteroatoms. The fraction of sp³-hybridized carbons (Fsp3) is 0.0909. The van der Waals surface area contributed by atoms with Crippen LogP contribution in [0, 0.1) is 0 Å². The zero-order valence-electron chi connectivity index (χ0n) is 16.4. The van der Waals surface area contributed by atoms with Gasteiger partial charge in [0.15, 0.2) is 0 Å². The zero-order valence-corrected chi connectivity index (χ0v) is 17.9. The van der Waals surface area contributed by atoms with E-state index >= 15 is 0 Å². The number of carbonyl (C=O) groups excluding carboxylic acids is 1. The van der Waals surface area contributed by atoms with Gasteiger partial charge in [-0.2, -0.15) is 0 Å². The van der Waals surface area contributed by atoms with Gasteiger partial charge in [0, 0.05) is 23.7 Å². The number of ether oxygens (including phenoxy) is 1. The molecule has 6 N–H and O–H groups in total. The predicted molar refractivity (Wildman–Crippen MR) is 121 cm³/mol. The summed E-state index contributed by atoms with van der Waals surface area (Å²) < 4.78 is 5.55. The van der Waals surface area contributed by atoms with Crippen molar-refractivity contribution < 1.29 is 24.5 Å². The lowest BCUT2D eigenvalue weighted by molar-refractivity contribution is -0.135. The Kier molecular flexibility index (Phi) is 11.7. The average Bonchev–Trinajstić information content (AvgIpc) is 2.77. The van der Waals surface area contributed by atoms with E-state index in [0.717, 1.165) is 11.8 Å². The van der Waals surface area contributed by atoms with Gasteiger partial charge in [-0.25, -0.2) is 0 Å². The number of aliphatic carboxylic acids is 1. The second-order valence-electron chi connectivity index (χ2n) is 5.80. The molecule has 0 aliphatic heterocycles. The van der Waals surface area contributed by atoms with E-state index in [1.807, 2.05) is 6.07 Å². The summed E-state index contributed by atoms with van der Waals surface area (Å²) in [7, 11) is 0. The molecule has 7 nitrogen and oxygen atoms in total. The number of carbonyl (C=O) groups is 2. The van der Waals surface area contributed by atoms with E-state index in [-0.39, 0.29) is 12.3 Å². The Morgan fingerprint density at radius 3 is 2.10 bits per heavy atom. The lowest BCUT2D eigenvalue weighted by Crippen LogP contribution is -2.10. The Morgan fingerprint density at radius 1 is 0.935 bits per heavy atom. The average molecular weight is 465 g/mol. The van der Waals surface area contributed by atoms with Gasteiger partial charge < -0.3 is 26.4 Å². The molecular formula is C22H22Cl2N2O5. The maximum absolute atomic E-state index is 10.6. The predicted octanol–water partition coefficient (Wildman–Crippen LogP) is 4.48. The van der Waals surface area contributed by atoms with Crippen LogP contribution in [0.2, 0.25) is 10.0 Å². The minimum absolute atomic E-state index is 0.278. The highest BCUT2D eigenvalue weighted by Crippen LogP contribution is 2.29. The third-order valence-corrected chi connectivity index (χ3v) is 4.25. The van der Waals surface area contributed by atoms with E-state index in [2.05, 4.69) is 5.73 Å². The van der Waals surface area contributed by atoms with Gasteiger partial charge in [0.25, 0.3) is 0 Å². The first kappa shape index (κ1) is 25.9.